The molecule has 0 aliphatic heterocycles. The van der Waals surface area contributed by atoms with E-state index in [2.05, 4.69) is 21.5 Å². The fourth-order valence-electron chi connectivity index (χ4n) is 2.74. The van der Waals surface area contributed by atoms with E-state index in [0.717, 1.165) is 16.8 Å². The first-order valence-corrected chi connectivity index (χ1v) is 10.1. The zero-order valence-electron chi connectivity index (χ0n) is 17.9. The third-order valence-electron chi connectivity index (χ3n) is 4.22. The van der Waals surface area contributed by atoms with Crippen LogP contribution < -0.4 is 26.2 Å². The van der Waals surface area contributed by atoms with Crippen LogP contribution in [-0.4, -0.2) is 29.4 Å². The number of hydrazine groups is 1. The Hall–Kier alpha value is -3.46. The van der Waals surface area contributed by atoms with Gasteiger partial charge in [-0.1, -0.05) is 32.0 Å². The van der Waals surface area contributed by atoms with Gasteiger partial charge in [0.25, 0.3) is 11.8 Å². The molecule has 0 saturated carbocycles. The van der Waals surface area contributed by atoms with Crippen molar-refractivity contribution in [2.24, 2.45) is 0 Å². The second kappa shape index (κ2) is 11.1. The highest BCUT2D eigenvalue weighted by Crippen LogP contribution is 2.31. The van der Waals surface area contributed by atoms with Gasteiger partial charge < -0.3 is 10.1 Å². The molecular weight excluding hydrogens is 416 g/mol. The van der Waals surface area contributed by atoms with Gasteiger partial charge >= 0.3 is 0 Å². The van der Waals surface area contributed by atoms with Gasteiger partial charge in [0.1, 0.15) is 5.75 Å². The number of hydrogen-bond donors (Lipinski definition) is 4. The molecule has 2 rings (SSSR count). The van der Waals surface area contributed by atoms with Crippen LogP contribution in [0.4, 0.5) is 5.69 Å². The summed E-state index contributed by atoms with van der Waals surface area (Å²) in [4.78, 5) is 35.6. The Morgan fingerprint density at radius 1 is 1.06 bits per heavy atom. The molecule has 0 bridgehead atoms. The molecule has 31 heavy (non-hydrogen) atoms. The van der Waals surface area contributed by atoms with Crippen molar-refractivity contribution in [2.45, 2.75) is 33.6 Å². The van der Waals surface area contributed by atoms with Gasteiger partial charge in [-0.25, -0.2) is 0 Å². The maximum atomic E-state index is 12.1. The SMILES string of the molecule is CC(=O)Nc1cc(C)c(OCC(=O)NNC(=S)NC(=O)c2ccccc2)cc1C(C)C. The highest BCUT2D eigenvalue weighted by Gasteiger charge is 2.14. The second-order valence-electron chi connectivity index (χ2n) is 7.15. The summed E-state index contributed by atoms with van der Waals surface area (Å²) in [5.74, 6) is -0.345. The van der Waals surface area contributed by atoms with E-state index in [-0.39, 0.29) is 29.5 Å². The number of hydrogen-bond acceptors (Lipinski definition) is 5. The maximum Gasteiger partial charge on any atom is 0.276 e. The van der Waals surface area contributed by atoms with Crippen molar-refractivity contribution >= 4 is 40.7 Å². The number of thiocarbonyl (C=S) groups is 1. The molecular formula is C22H26N4O4S. The number of carbonyl (C=O) groups is 3. The van der Waals surface area contributed by atoms with Crippen LogP contribution >= 0.6 is 12.2 Å². The summed E-state index contributed by atoms with van der Waals surface area (Å²) >= 11 is 5.01. The molecule has 0 spiro atoms. The number of ether oxygens (including phenoxy) is 1. The molecule has 2 aromatic rings. The monoisotopic (exact) mass is 442 g/mol. The molecule has 0 aliphatic carbocycles. The van der Waals surface area contributed by atoms with E-state index < -0.39 is 5.91 Å². The van der Waals surface area contributed by atoms with Gasteiger partial charge in [0.15, 0.2) is 11.7 Å². The minimum absolute atomic E-state index is 0.0415. The largest absolute Gasteiger partial charge is 0.483 e. The van der Waals surface area contributed by atoms with Crippen LogP contribution in [-0.2, 0) is 9.59 Å². The minimum atomic E-state index is -0.479. The van der Waals surface area contributed by atoms with Gasteiger partial charge in [-0.3, -0.25) is 30.6 Å². The first kappa shape index (κ1) is 23.8. The van der Waals surface area contributed by atoms with Crippen molar-refractivity contribution in [1.82, 2.24) is 16.2 Å². The zero-order chi connectivity index (χ0) is 23.0. The number of rotatable bonds is 6. The number of anilines is 1. The Balaban J connectivity index is 1.89. The molecule has 0 radical (unpaired) electrons. The Morgan fingerprint density at radius 2 is 1.74 bits per heavy atom. The molecule has 0 unspecified atom stereocenters. The van der Waals surface area contributed by atoms with Crippen molar-refractivity contribution in [1.29, 1.82) is 0 Å². The Morgan fingerprint density at radius 3 is 2.35 bits per heavy atom. The molecule has 0 heterocycles. The standard InChI is InChI=1S/C22H26N4O4S/c1-13(2)17-11-19(14(3)10-18(17)23-15(4)27)30-12-20(28)25-26-22(31)24-21(29)16-8-6-5-7-9-16/h5-11,13H,12H2,1-4H3,(H,23,27)(H,25,28)(H2,24,26,29,31). The average molecular weight is 443 g/mol. The summed E-state index contributed by atoms with van der Waals surface area (Å²) in [5.41, 5.74) is 7.69. The summed E-state index contributed by atoms with van der Waals surface area (Å²) in [7, 11) is 0. The van der Waals surface area contributed by atoms with Gasteiger partial charge in [0.2, 0.25) is 5.91 Å². The highest BCUT2D eigenvalue weighted by atomic mass is 32.1. The highest BCUT2D eigenvalue weighted by molar-refractivity contribution is 7.80. The summed E-state index contributed by atoms with van der Waals surface area (Å²) in [6, 6.07) is 12.2. The Kier molecular flexibility index (Phi) is 8.51. The van der Waals surface area contributed by atoms with Gasteiger partial charge in [-0.2, -0.15) is 0 Å². The molecule has 0 saturated heterocycles. The number of amides is 3. The van der Waals surface area contributed by atoms with Crippen LogP contribution in [0.5, 0.6) is 5.75 Å². The molecule has 2 aromatic carbocycles. The van der Waals surface area contributed by atoms with Crippen LogP contribution in [0.15, 0.2) is 42.5 Å². The van der Waals surface area contributed by atoms with Gasteiger partial charge in [0, 0.05) is 18.2 Å². The van der Waals surface area contributed by atoms with Crippen molar-refractivity contribution in [3.63, 3.8) is 0 Å². The van der Waals surface area contributed by atoms with E-state index in [0.29, 0.717) is 11.3 Å². The lowest BCUT2D eigenvalue weighted by molar-refractivity contribution is -0.123. The third-order valence-corrected chi connectivity index (χ3v) is 4.42. The topological polar surface area (TPSA) is 109 Å². The molecule has 4 N–H and O–H groups in total. The summed E-state index contributed by atoms with van der Waals surface area (Å²) in [6.07, 6.45) is 0. The summed E-state index contributed by atoms with van der Waals surface area (Å²) in [6.45, 7) is 7.02. The van der Waals surface area contributed by atoms with E-state index in [1.54, 1.807) is 30.3 Å². The normalized spacial score (nSPS) is 10.2. The fourth-order valence-corrected chi connectivity index (χ4v) is 2.88. The number of aryl methyl sites for hydroxylation is 1. The van der Waals surface area contributed by atoms with Crippen molar-refractivity contribution < 1.29 is 19.1 Å². The van der Waals surface area contributed by atoms with E-state index in [1.165, 1.54) is 6.92 Å². The van der Waals surface area contributed by atoms with E-state index >= 15 is 0 Å². The Labute approximate surface area is 186 Å². The first-order valence-electron chi connectivity index (χ1n) is 9.67. The lowest BCUT2D eigenvalue weighted by Gasteiger charge is -2.18. The summed E-state index contributed by atoms with van der Waals surface area (Å²) in [5, 5.41) is 5.24. The molecule has 8 nitrogen and oxygen atoms in total. The van der Waals surface area contributed by atoms with Crippen molar-refractivity contribution in [3.8, 4) is 5.75 Å². The average Bonchev–Trinajstić information content (AvgIpc) is 2.71. The van der Waals surface area contributed by atoms with E-state index in [4.69, 9.17) is 17.0 Å². The quantitative estimate of drug-likeness (QED) is 0.405. The van der Waals surface area contributed by atoms with Crippen LogP contribution in [0.25, 0.3) is 0 Å². The Bertz CT molecular complexity index is 977. The van der Waals surface area contributed by atoms with E-state index in [9.17, 15) is 14.4 Å². The molecule has 0 fully saturated rings. The van der Waals surface area contributed by atoms with Crippen LogP contribution in [0.3, 0.4) is 0 Å². The number of carbonyl (C=O) groups excluding carboxylic acids is 3. The summed E-state index contributed by atoms with van der Waals surface area (Å²) < 4.78 is 5.64. The van der Waals surface area contributed by atoms with Crippen LogP contribution in [0, 0.1) is 6.92 Å². The number of benzene rings is 2. The molecule has 0 aromatic heterocycles. The second-order valence-corrected chi connectivity index (χ2v) is 7.56. The smallest absolute Gasteiger partial charge is 0.276 e. The van der Waals surface area contributed by atoms with Crippen LogP contribution in [0.1, 0.15) is 48.2 Å². The van der Waals surface area contributed by atoms with Crippen molar-refractivity contribution in [2.75, 3.05) is 11.9 Å². The minimum Gasteiger partial charge on any atom is -0.483 e. The van der Waals surface area contributed by atoms with Crippen LogP contribution in [0.2, 0.25) is 0 Å². The fraction of sp³-hybridized carbons (Fsp3) is 0.273. The van der Waals surface area contributed by atoms with Gasteiger partial charge in [-0.15, -0.1) is 0 Å². The molecule has 0 aliphatic rings. The predicted molar refractivity (Wildman–Crippen MR) is 123 cm³/mol. The first-order chi connectivity index (χ1) is 14.7. The molecule has 9 heteroatoms. The van der Waals surface area contributed by atoms with Gasteiger partial charge in [0.05, 0.1) is 0 Å². The molecule has 0 atom stereocenters. The molecule has 3 amide bonds. The predicted octanol–water partition coefficient (Wildman–Crippen LogP) is 2.79. The maximum absolute atomic E-state index is 12.1. The number of nitrogens with one attached hydrogen (secondary N) is 4. The molecule has 164 valence electrons. The third kappa shape index (κ3) is 7.38. The van der Waals surface area contributed by atoms with Crippen molar-refractivity contribution in [3.05, 3.63) is 59.2 Å². The zero-order valence-corrected chi connectivity index (χ0v) is 18.7. The lowest BCUT2D eigenvalue weighted by atomic mass is 9.98. The lowest BCUT2D eigenvalue weighted by Crippen LogP contribution is -2.49. The van der Waals surface area contributed by atoms with E-state index in [1.807, 2.05) is 32.9 Å². The van der Waals surface area contributed by atoms with Gasteiger partial charge in [-0.05, 0) is 60.5 Å².